The van der Waals surface area contributed by atoms with Crippen molar-refractivity contribution in [2.45, 2.75) is 25.8 Å². The Balaban J connectivity index is 1.65. The maximum Gasteiger partial charge on any atom is 0.410 e. The molecule has 5 nitrogen and oxygen atoms in total. The summed E-state index contributed by atoms with van der Waals surface area (Å²) < 4.78 is 4.98. The second-order valence-corrected chi connectivity index (χ2v) is 6.71. The van der Waals surface area contributed by atoms with Gasteiger partial charge in [0.25, 0.3) is 5.91 Å². The molecule has 3 rings (SSSR count). The largest absolute Gasteiger partial charge is 0.448 e. The molecule has 1 aromatic carbocycles. The number of carbonyl (C=O) groups is 2. The predicted octanol–water partition coefficient (Wildman–Crippen LogP) is 3.36. The van der Waals surface area contributed by atoms with Crippen LogP contribution >= 0.6 is 23.2 Å². The third-order valence-electron chi connectivity index (χ3n) is 4.51. The number of benzene rings is 1. The van der Waals surface area contributed by atoms with Crippen molar-refractivity contribution >= 4 is 35.2 Å². The van der Waals surface area contributed by atoms with Gasteiger partial charge in [0.05, 0.1) is 6.54 Å². The predicted molar refractivity (Wildman–Crippen MR) is 88.2 cm³/mol. The van der Waals surface area contributed by atoms with Gasteiger partial charge in [-0.1, -0.05) is 23.2 Å². The monoisotopic (exact) mass is 356 g/mol. The van der Waals surface area contributed by atoms with Crippen LogP contribution in [-0.2, 0) is 4.74 Å². The van der Waals surface area contributed by atoms with Gasteiger partial charge in [-0.3, -0.25) is 4.79 Å². The van der Waals surface area contributed by atoms with E-state index in [0.717, 1.165) is 18.4 Å². The molecule has 2 amide bonds. The Kier molecular flexibility index (Phi) is 4.69. The SMILES string of the molecule is Cc1c(Cl)cc(C(=O)N2CCC(N3CCOC3=O)CC2)cc1Cl. The van der Waals surface area contributed by atoms with Crippen molar-refractivity contribution in [2.75, 3.05) is 26.2 Å². The van der Waals surface area contributed by atoms with E-state index in [1.807, 2.05) is 6.92 Å². The van der Waals surface area contributed by atoms with E-state index < -0.39 is 0 Å². The summed E-state index contributed by atoms with van der Waals surface area (Å²) in [6.07, 6.45) is 1.27. The van der Waals surface area contributed by atoms with Gasteiger partial charge in [0.1, 0.15) is 6.61 Å². The van der Waals surface area contributed by atoms with Crippen LogP contribution in [0.4, 0.5) is 4.79 Å². The fourth-order valence-electron chi connectivity index (χ4n) is 3.07. The van der Waals surface area contributed by atoms with Crippen molar-refractivity contribution in [2.24, 2.45) is 0 Å². The number of halogens is 2. The van der Waals surface area contributed by atoms with Gasteiger partial charge in [0.2, 0.25) is 0 Å². The Bertz CT molecular complexity index is 619. The highest BCUT2D eigenvalue weighted by Gasteiger charge is 2.33. The lowest BCUT2D eigenvalue weighted by molar-refractivity contribution is 0.0658. The topological polar surface area (TPSA) is 49.9 Å². The molecular formula is C16H18Cl2N2O3. The van der Waals surface area contributed by atoms with Gasteiger partial charge in [0, 0.05) is 34.7 Å². The molecule has 7 heteroatoms. The summed E-state index contributed by atoms with van der Waals surface area (Å²) >= 11 is 12.2. The fourth-order valence-corrected chi connectivity index (χ4v) is 3.56. The lowest BCUT2D eigenvalue weighted by Gasteiger charge is -2.35. The highest BCUT2D eigenvalue weighted by atomic mass is 35.5. The number of ether oxygens (including phenoxy) is 1. The summed E-state index contributed by atoms with van der Waals surface area (Å²) in [5.41, 5.74) is 1.28. The zero-order chi connectivity index (χ0) is 16.6. The number of rotatable bonds is 2. The van der Waals surface area contributed by atoms with E-state index in [1.165, 1.54) is 0 Å². The van der Waals surface area contributed by atoms with Gasteiger partial charge in [0.15, 0.2) is 0 Å². The normalized spacial score (nSPS) is 19.2. The molecule has 2 saturated heterocycles. The second-order valence-electron chi connectivity index (χ2n) is 5.90. The van der Waals surface area contributed by atoms with Crippen molar-refractivity contribution in [3.63, 3.8) is 0 Å². The number of cyclic esters (lactones) is 1. The Morgan fingerprint density at radius 3 is 2.30 bits per heavy atom. The van der Waals surface area contributed by atoms with Crippen LogP contribution < -0.4 is 0 Å². The van der Waals surface area contributed by atoms with E-state index in [4.69, 9.17) is 27.9 Å². The highest BCUT2D eigenvalue weighted by molar-refractivity contribution is 6.36. The van der Waals surface area contributed by atoms with Gasteiger partial charge >= 0.3 is 6.09 Å². The Hall–Kier alpha value is -1.46. The molecule has 0 saturated carbocycles. The fraction of sp³-hybridized carbons (Fsp3) is 0.500. The first-order chi connectivity index (χ1) is 11.0. The lowest BCUT2D eigenvalue weighted by Crippen LogP contribution is -2.47. The third kappa shape index (κ3) is 3.26. The molecule has 0 aromatic heterocycles. The summed E-state index contributed by atoms with van der Waals surface area (Å²) in [5.74, 6) is -0.0729. The number of hydrogen-bond acceptors (Lipinski definition) is 3. The van der Waals surface area contributed by atoms with Gasteiger partial charge in [-0.05, 0) is 37.5 Å². The van der Waals surface area contributed by atoms with Crippen molar-refractivity contribution in [1.82, 2.24) is 9.80 Å². The summed E-state index contributed by atoms with van der Waals surface area (Å²) in [5, 5.41) is 0.992. The van der Waals surface area contributed by atoms with Gasteiger partial charge in [-0.2, -0.15) is 0 Å². The molecule has 124 valence electrons. The van der Waals surface area contributed by atoms with Crippen LogP contribution in [0.1, 0.15) is 28.8 Å². The third-order valence-corrected chi connectivity index (χ3v) is 5.30. The van der Waals surface area contributed by atoms with Gasteiger partial charge in [-0.15, -0.1) is 0 Å². The van der Waals surface area contributed by atoms with E-state index in [0.29, 0.717) is 41.8 Å². The molecule has 23 heavy (non-hydrogen) atoms. The first-order valence-electron chi connectivity index (χ1n) is 7.65. The molecule has 0 atom stereocenters. The maximum atomic E-state index is 12.6. The number of amides is 2. The van der Waals surface area contributed by atoms with Crippen LogP contribution in [0.15, 0.2) is 12.1 Å². The van der Waals surface area contributed by atoms with Crippen LogP contribution in [0.2, 0.25) is 10.0 Å². The van der Waals surface area contributed by atoms with Crippen molar-refractivity contribution in [1.29, 1.82) is 0 Å². The molecule has 0 bridgehead atoms. The average Bonchev–Trinajstić information content (AvgIpc) is 2.97. The Morgan fingerprint density at radius 1 is 1.17 bits per heavy atom. The van der Waals surface area contributed by atoms with Crippen LogP contribution in [0.3, 0.4) is 0 Å². The zero-order valence-corrected chi connectivity index (χ0v) is 14.4. The second kappa shape index (κ2) is 6.57. The maximum absolute atomic E-state index is 12.6. The zero-order valence-electron chi connectivity index (χ0n) is 12.8. The minimum Gasteiger partial charge on any atom is -0.448 e. The molecule has 0 spiro atoms. The Labute approximate surface area is 145 Å². The standard InChI is InChI=1S/C16H18Cl2N2O3/c1-10-13(17)8-11(9-14(10)18)15(21)19-4-2-12(3-5-19)20-6-7-23-16(20)22/h8-9,12H,2-7H2,1H3. The first kappa shape index (κ1) is 16.4. The molecule has 2 aliphatic heterocycles. The van der Waals surface area contributed by atoms with Crippen molar-refractivity contribution in [3.05, 3.63) is 33.3 Å². The van der Waals surface area contributed by atoms with Crippen LogP contribution in [-0.4, -0.2) is 54.1 Å². The molecule has 2 fully saturated rings. The minimum absolute atomic E-state index is 0.0729. The van der Waals surface area contributed by atoms with Crippen molar-refractivity contribution in [3.8, 4) is 0 Å². The molecule has 0 aliphatic carbocycles. The van der Waals surface area contributed by atoms with E-state index in [9.17, 15) is 9.59 Å². The summed E-state index contributed by atoms with van der Waals surface area (Å²) in [7, 11) is 0. The number of likely N-dealkylation sites (tertiary alicyclic amines) is 1. The Morgan fingerprint density at radius 2 is 1.78 bits per heavy atom. The number of piperidine rings is 1. The van der Waals surface area contributed by atoms with E-state index in [1.54, 1.807) is 21.9 Å². The average molecular weight is 357 g/mol. The number of carbonyl (C=O) groups excluding carboxylic acids is 2. The van der Waals surface area contributed by atoms with Crippen LogP contribution in [0.5, 0.6) is 0 Å². The summed E-state index contributed by atoms with van der Waals surface area (Å²) in [6, 6.07) is 3.48. The number of hydrogen-bond donors (Lipinski definition) is 0. The quantitative estimate of drug-likeness (QED) is 0.816. The molecular weight excluding hydrogens is 339 g/mol. The van der Waals surface area contributed by atoms with Crippen LogP contribution in [0, 0.1) is 6.92 Å². The molecule has 2 aliphatic rings. The van der Waals surface area contributed by atoms with Crippen molar-refractivity contribution < 1.29 is 14.3 Å². The smallest absolute Gasteiger partial charge is 0.410 e. The molecule has 1 aromatic rings. The van der Waals surface area contributed by atoms with Crippen LogP contribution in [0.25, 0.3) is 0 Å². The van der Waals surface area contributed by atoms with E-state index in [2.05, 4.69) is 0 Å². The first-order valence-corrected chi connectivity index (χ1v) is 8.41. The van der Waals surface area contributed by atoms with E-state index >= 15 is 0 Å². The molecule has 0 N–H and O–H groups in total. The lowest BCUT2D eigenvalue weighted by atomic mass is 10.0. The summed E-state index contributed by atoms with van der Waals surface area (Å²) in [4.78, 5) is 27.8. The van der Waals surface area contributed by atoms with Gasteiger partial charge in [-0.25, -0.2) is 4.79 Å². The molecule has 0 radical (unpaired) electrons. The van der Waals surface area contributed by atoms with E-state index in [-0.39, 0.29) is 18.0 Å². The number of nitrogens with zero attached hydrogens (tertiary/aromatic N) is 2. The summed E-state index contributed by atoms with van der Waals surface area (Å²) in [6.45, 7) is 4.13. The highest BCUT2D eigenvalue weighted by Crippen LogP contribution is 2.27. The minimum atomic E-state index is -0.244. The molecule has 0 unspecified atom stereocenters. The van der Waals surface area contributed by atoms with Gasteiger partial charge < -0.3 is 14.5 Å². The molecule has 2 heterocycles.